The van der Waals surface area contributed by atoms with Gasteiger partial charge in [0, 0.05) is 18.2 Å². The summed E-state index contributed by atoms with van der Waals surface area (Å²) in [5.41, 5.74) is 0.751. The lowest BCUT2D eigenvalue weighted by Crippen LogP contribution is -2.45. The number of aliphatic hydroxyl groups excluding tert-OH is 1. The van der Waals surface area contributed by atoms with E-state index in [1.165, 1.54) is 12.8 Å². The maximum Gasteiger partial charge on any atom is 0.271 e. The Labute approximate surface area is 119 Å². The van der Waals surface area contributed by atoms with Gasteiger partial charge in [0.05, 0.1) is 12.2 Å². The Kier molecular flexibility index (Phi) is 4.41. The molecule has 0 saturated heterocycles. The summed E-state index contributed by atoms with van der Waals surface area (Å²) in [5.74, 6) is 6.09. The van der Waals surface area contributed by atoms with Crippen LogP contribution in [0.25, 0.3) is 0 Å². The molecular formula is C16H20N2O2. The van der Waals surface area contributed by atoms with Gasteiger partial charge in [-0.2, -0.15) is 0 Å². The van der Waals surface area contributed by atoms with Crippen molar-refractivity contribution >= 4 is 5.91 Å². The van der Waals surface area contributed by atoms with Crippen LogP contribution in [0.4, 0.5) is 0 Å². The number of aromatic nitrogens is 1. The number of nitrogens with zero attached hydrogens (tertiary/aromatic N) is 1. The molecule has 0 spiro atoms. The SMILES string of the molecule is CC(C)(NC(=O)c1ncccc1C#CCCO)C1CC1. The quantitative estimate of drug-likeness (QED) is 0.821. The average Bonchev–Trinajstić information content (AvgIpc) is 3.23. The lowest BCUT2D eigenvalue weighted by Gasteiger charge is -2.26. The van der Waals surface area contributed by atoms with E-state index in [1.54, 1.807) is 18.3 Å². The summed E-state index contributed by atoms with van der Waals surface area (Å²) in [5, 5.41) is 11.8. The van der Waals surface area contributed by atoms with Gasteiger partial charge < -0.3 is 10.4 Å². The lowest BCUT2D eigenvalue weighted by atomic mass is 9.98. The number of rotatable bonds is 4. The summed E-state index contributed by atoms with van der Waals surface area (Å²) in [6.07, 6.45) is 4.32. The molecule has 1 saturated carbocycles. The first kappa shape index (κ1) is 14.5. The van der Waals surface area contributed by atoms with Crippen LogP contribution >= 0.6 is 0 Å². The minimum atomic E-state index is -0.204. The predicted molar refractivity (Wildman–Crippen MR) is 77.1 cm³/mol. The molecule has 106 valence electrons. The lowest BCUT2D eigenvalue weighted by molar-refractivity contribution is 0.0898. The van der Waals surface area contributed by atoms with Gasteiger partial charge in [0.1, 0.15) is 5.69 Å². The second-order valence-electron chi connectivity index (χ2n) is 5.63. The molecule has 1 aromatic heterocycles. The first-order valence-corrected chi connectivity index (χ1v) is 6.92. The van der Waals surface area contributed by atoms with Crippen LogP contribution in [-0.2, 0) is 0 Å². The molecule has 0 aliphatic heterocycles. The first-order valence-electron chi connectivity index (χ1n) is 6.92. The Morgan fingerprint density at radius 1 is 1.55 bits per heavy atom. The Hall–Kier alpha value is -1.86. The van der Waals surface area contributed by atoms with Crippen LogP contribution in [0.5, 0.6) is 0 Å². The van der Waals surface area contributed by atoms with Gasteiger partial charge in [-0.15, -0.1) is 0 Å². The van der Waals surface area contributed by atoms with E-state index in [1.807, 2.05) is 13.8 Å². The largest absolute Gasteiger partial charge is 0.395 e. The van der Waals surface area contributed by atoms with Crippen molar-refractivity contribution in [2.24, 2.45) is 5.92 Å². The van der Waals surface area contributed by atoms with Crippen molar-refractivity contribution < 1.29 is 9.90 Å². The first-order chi connectivity index (χ1) is 9.54. The number of pyridine rings is 1. The molecule has 0 aromatic carbocycles. The van der Waals surface area contributed by atoms with Gasteiger partial charge in [0.25, 0.3) is 5.91 Å². The highest BCUT2D eigenvalue weighted by atomic mass is 16.2. The highest BCUT2D eigenvalue weighted by Gasteiger charge is 2.39. The number of hydrogen-bond donors (Lipinski definition) is 2. The molecule has 0 radical (unpaired) electrons. The van der Waals surface area contributed by atoms with Crippen LogP contribution in [0, 0.1) is 17.8 Å². The Balaban J connectivity index is 2.15. The van der Waals surface area contributed by atoms with Gasteiger partial charge in [-0.1, -0.05) is 11.8 Å². The monoisotopic (exact) mass is 272 g/mol. The van der Waals surface area contributed by atoms with E-state index < -0.39 is 0 Å². The van der Waals surface area contributed by atoms with Crippen molar-refractivity contribution in [3.63, 3.8) is 0 Å². The Morgan fingerprint density at radius 2 is 2.30 bits per heavy atom. The van der Waals surface area contributed by atoms with Gasteiger partial charge in [-0.25, -0.2) is 4.98 Å². The summed E-state index contributed by atoms with van der Waals surface area (Å²) in [7, 11) is 0. The summed E-state index contributed by atoms with van der Waals surface area (Å²) < 4.78 is 0. The number of hydrogen-bond acceptors (Lipinski definition) is 3. The molecule has 20 heavy (non-hydrogen) atoms. The van der Waals surface area contributed by atoms with Crippen molar-refractivity contribution in [1.29, 1.82) is 0 Å². The normalized spacial score (nSPS) is 14.3. The summed E-state index contributed by atoms with van der Waals surface area (Å²) >= 11 is 0. The molecule has 0 bridgehead atoms. The third-order valence-electron chi connectivity index (χ3n) is 3.52. The molecule has 1 aromatic rings. The topological polar surface area (TPSA) is 62.2 Å². The minimum absolute atomic E-state index is 0.0174. The van der Waals surface area contributed by atoms with E-state index in [0.29, 0.717) is 23.6 Å². The smallest absolute Gasteiger partial charge is 0.271 e. The van der Waals surface area contributed by atoms with E-state index in [4.69, 9.17) is 5.11 Å². The number of aliphatic hydroxyl groups is 1. The molecular weight excluding hydrogens is 252 g/mol. The Morgan fingerprint density at radius 3 is 2.95 bits per heavy atom. The summed E-state index contributed by atoms with van der Waals surface area (Å²) in [4.78, 5) is 16.5. The zero-order chi connectivity index (χ0) is 14.6. The highest BCUT2D eigenvalue weighted by molar-refractivity contribution is 5.95. The van der Waals surface area contributed by atoms with Crippen molar-refractivity contribution in [2.75, 3.05) is 6.61 Å². The molecule has 1 aliphatic carbocycles. The van der Waals surface area contributed by atoms with Crippen molar-refractivity contribution in [3.05, 3.63) is 29.6 Å². The highest BCUT2D eigenvalue weighted by Crippen LogP contribution is 2.39. The summed E-state index contributed by atoms with van der Waals surface area (Å²) in [6.45, 7) is 4.11. The fourth-order valence-corrected chi connectivity index (χ4v) is 2.16. The zero-order valence-electron chi connectivity index (χ0n) is 11.9. The minimum Gasteiger partial charge on any atom is -0.395 e. The second-order valence-corrected chi connectivity index (χ2v) is 5.63. The van der Waals surface area contributed by atoms with E-state index in [0.717, 1.165) is 0 Å². The van der Waals surface area contributed by atoms with Gasteiger partial charge in [-0.05, 0) is 44.7 Å². The maximum atomic E-state index is 12.4. The van der Waals surface area contributed by atoms with Gasteiger partial charge in [0.2, 0.25) is 0 Å². The van der Waals surface area contributed by atoms with Crippen molar-refractivity contribution in [3.8, 4) is 11.8 Å². The molecule has 4 nitrogen and oxygen atoms in total. The molecule has 2 N–H and O–H groups in total. The fraction of sp³-hybridized carbons (Fsp3) is 0.500. The van der Waals surface area contributed by atoms with Gasteiger partial charge >= 0.3 is 0 Å². The van der Waals surface area contributed by atoms with Crippen molar-refractivity contribution in [2.45, 2.75) is 38.6 Å². The van der Waals surface area contributed by atoms with Crippen LogP contribution < -0.4 is 5.32 Å². The molecule has 2 rings (SSSR count). The fourth-order valence-electron chi connectivity index (χ4n) is 2.16. The van der Waals surface area contributed by atoms with Crippen molar-refractivity contribution in [1.82, 2.24) is 10.3 Å². The molecule has 1 aliphatic rings. The molecule has 1 fully saturated rings. The third-order valence-corrected chi connectivity index (χ3v) is 3.52. The zero-order valence-corrected chi connectivity index (χ0v) is 11.9. The van der Waals surface area contributed by atoms with Gasteiger partial charge in [0.15, 0.2) is 0 Å². The number of amides is 1. The predicted octanol–water partition coefficient (Wildman–Crippen LogP) is 1.73. The molecule has 4 heteroatoms. The standard InChI is InChI=1S/C16H20N2O2/c1-16(2,13-8-9-13)18-15(20)14-12(6-3-4-11-19)7-5-10-17-14/h5,7,10,13,19H,4,8-9,11H2,1-2H3,(H,18,20). The van der Waals surface area contributed by atoms with Crippen LogP contribution in [0.1, 0.15) is 49.2 Å². The number of carbonyl (C=O) groups excluding carboxylic acids is 1. The van der Waals surface area contributed by atoms with Crippen LogP contribution in [-0.4, -0.2) is 28.1 Å². The van der Waals surface area contributed by atoms with Crippen LogP contribution in [0.2, 0.25) is 0 Å². The average molecular weight is 272 g/mol. The number of nitrogens with one attached hydrogen (secondary N) is 1. The van der Waals surface area contributed by atoms with E-state index in [-0.39, 0.29) is 18.1 Å². The van der Waals surface area contributed by atoms with E-state index in [9.17, 15) is 4.79 Å². The number of carbonyl (C=O) groups is 1. The summed E-state index contributed by atoms with van der Waals surface area (Å²) in [6, 6.07) is 3.53. The van der Waals surface area contributed by atoms with E-state index in [2.05, 4.69) is 22.1 Å². The van der Waals surface area contributed by atoms with E-state index >= 15 is 0 Å². The second kappa shape index (κ2) is 6.06. The molecule has 1 amide bonds. The maximum absolute atomic E-state index is 12.4. The van der Waals surface area contributed by atoms with Crippen LogP contribution in [0.15, 0.2) is 18.3 Å². The molecule has 1 heterocycles. The molecule has 0 unspecified atom stereocenters. The van der Waals surface area contributed by atoms with Crippen LogP contribution in [0.3, 0.4) is 0 Å². The Bertz CT molecular complexity index is 551. The van der Waals surface area contributed by atoms with Gasteiger partial charge in [-0.3, -0.25) is 4.79 Å². The molecule has 0 atom stereocenters. The third kappa shape index (κ3) is 3.58.